The molecule has 0 saturated carbocycles. The van der Waals surface area contributed by atoms with Crippen molar-refractivity contribution in [2.75, 3.05) is 59.5 Å². The Bertz CT molecular complexity index is 1510. The number of methoxy groups -OCH3 is 3. The molecular formula is C37H48ClN3O6. The fourth-order valence-corrected chi connectivity index (χ4v) is 7.06. The van der Waals surface area contributed by atoms with Crippen LogP contribution < -0.4 is 23.8 Å². The largest absolute Gasteiger partial charge is 0.493 e. The molecule has 3 aromatic carbocycles. The highest BCUT2D eigenvalue weighted by Crippen LogP contribution is 2.50. The molecule has 2 aliphatic rings. The number of likely N-dealkylation sites (N-methyl/N-ethyl adjacent to an activating group) is 1. The molecule has 2 amide bonds. The lowest BCUT2D eigenvalue weighted by molar-refractivity contribution is -0.133. The molecule has 2 unspecified atom stereocenters. The van der Waals surface area contributed by atoms with Crippen LogP contribution in [0.25, 0.3) is 0 Å². The first-order valence-electron chi connectivity index (χ1n) is 16.1. The van der Waals surface area contributed by atoms with Crippen LogP contribution in [0.1, 0.15) is 50.3 Å². The number of piperazine rings is 1. The number of anilines is 1. The molecule has 47 heavy (non-hydrogen) atoms. The molecule has 2 atom stereocenters. The molecule has 254 valence electrons. The predicted molar refractivity (Wildman–Crippen MR) is 186 cm³/mol. The van der Waals surface area contributed by atoms with E-state index in [0.717, 1.165) is 54.1 Å². The smallest absolute Gasteiger partial charge is 0.242 e. The molecule has 9 nitrogen and oxygen atoms in total. The number of para-hydroxylation sites is 1. The first-order chi connectivity index (χ1) is 22.2. The van der Waals surface area contributed by atoms with Gasteiger partial charge in [-0.2, -0.15) is 0 Å². The molecule has 0 aliphatic carbocycles. The molecule has 3 aromatic rings. The molecular weight excluding hydrogens is 618 g/mol. The third-order valence-electron chi connectivity index (χ3n) is 9.47. The van der Waals surface area contributed by atoms with Crippen molar-refractivity contribution < 1.29 is 28.5 Å². The minimum atomic E-state index is -0.738. The van der Waals surface area contributed by atoms with Crippen LogP contribution in [0.2, 0.25) is 0 Å². The molecule has 10 heteroatoms. The summed E-state index contributed by atoms with van der Waals surface area (Å²) in [6.45, 7) is 9.07. The van der Waals surface area contributed by atoms with E-state index in [1.807, 2.05) is 66.5 Å². The molecule has 0 spiro atoms. The molecule has 2 aliphatic heterocycles. The molecule has 0 radical (unpaired) electrons. The summed E-state index contributed by atoms with van der Waals surface area (Å²) in [7, 11) is 6.57. The second-order valence-electron chi connectivity index (χ2n) is 12.4. The van der Waals surface area contributed by atoms with Crippen molar-refractivity contribution in [3.8, 4) is 23.0 Å². The number of hydrogen-bond acceptors (Lipinski definition) is 7. The molecule has 0 N–H and O–H groups in total. The zero-order chi connectivity index (χ0) is 33.0. The van der Waals surface area contributed by atoms with Gasteiger partial charge in [-0.05, 0) is 59.4 Å². The van der Waals surface area contributed by atoms with Crippen LogP contribution in [0.4, 0.5) is 5.69 Å². The van der Waals surface area contributed by atoms with Gasteiger partial charge >= 0.3 is 0 Å². The summed E-state index contributed by atoms with van der Waals surface area (Å²) in [6, 6.07) is 19.8. The van der Waals surface area contributed by atoms with Crippen LogP contribution in [-0.2, 0) is 21.4 Å². The molecule has 0 bridgehead atoms. The van der Waals surface area contributed by atoms with E-state index in [0.29, 0.717) is 30.3 Å². The van der Waals surface area contributed by atoms with Crippen LogP contribution in [0, 0.1) is 5.92 Å². The summed E-state index contributed by atoms with van der Waals surface area (Å²) < 4.78 is 22.9. The number of hydrogen-bond donors (Lipinski definition) is 0. The number of benzene rings is 3. The highest BCUT2D eigenvalue weighted by molar-refractivity contribution is 6.10. The Kier molecular flexibility index (Phi) is 11.7. The normalized spacial score (nSPS) is 18.4. The summed E-state index contributed by atoms with van der Waals surface area (Å²) >= 11 is 0. The number of nitrogens with zero attached hydrogens (tertiary/aromatic N) is 3. The number of carbonyl (C=O) groups is 2. The van der Waals surface area contributed by atoms with Gasteiger partial charge in [0.2, 0.25) is 17.6 Å². The van der Waals surface area contributed by atoms with Crippen LogP contribution in [0.5, 0.6) is 23.0 Å². The lowest BCUT2D eigenvalue weighted by atomic mass is 9.67. The van der Waals surface area contributed by atoms with Crippen molar-refractivity contribution in [3.05, 3.63) is 77.4 Å². The summed E-state index contributed by atoms with van der Waals surface area (Å²) in [5.41, 5.74) is 3.06. The van der Waals surface area contributed by atoms with Crippen LogP contribution >= 0.6 is 12.4 Å². The Morgan fingerprint density at radius 1 is 0.894 bits per heavy atom. The van der Waals surface area contributed by atoms with E-state index in [9.17, 15) is 9.59 Å². The van der Waals surface area contributed by atoms with E-state index in [1.165, 1.54) is 0 Å². The van der Waals surface area contributed by atoms with E-state index in [1.54, 1.807) is 26.2 Å². The van der Waals surface area contributed by atoms with Gasteiger partial charge in [-0.15, -0.1) is 12.4 Å². The maximum Gasteiger partial charge on any atom is 0.242 e. The lowest BCUT2D eigenvalue weighted by Crippen LogP contribution is -2.53. The first-order valence-corrected chi connectivity index (χ1v) is 16.1. The Balaban J connectivity index is 0.00000500. The average Bonchev–Trinajstić information content (AvgIpc) is 3.31. The predicted octanol–water partition coefficient (Wildman–Crippen LogP) is 5.94. The van der Waals surface area contributed by atoms with E-state index >= 15 is 0 Å². The van der Waals surface area contributed by atoms with Crippen molar-refractivity contribution in [2.45, 2.75) is 51.7 Å². The van der Waals surface area contributed by atoms with Gasteiger partial charge in [0, 0.05) is 38.9 Å². The third-order valence-corrected chi connectivity index (χ3v) is 9.47. The summed E-state index contributed by atoms with van der Waals surface area (Å²) in [6.07, 6.45) is 1.98. The van der Waals surface area contributed by atoms with Crippen molar-refractivity contribution in [3.63, 3.8) is 0 Å². The van der Waals surface area contributed by atoms with Gasteiger partial charge in [-0.3, -0.25) is 14.5 Å². The number of fused-ring (bicyclic) bond motifs is 1. The van der Waals surface area contributed by atoms with E-state index in [-0.39, 0.29) is 42.8 Å². The van der Waals surface area contributed by atoms with Crippen LogP contribution in [0.15, 0.2) is 60.7 Å². The third kappa shape index (κ3) is 6.74. The summed E-state index contributed by atoms with van der Waals surface area (Å²) in [5.74, 6) is 2.58. The second kappa shape index (κ2) is 15.3. The minimum Gasteiger partial charge on any atom is -0.493 e. The van der Waals surface area contributed by atoms with Crippen LogP contribution in [-0.4, -0.2) is 82.4 Å². The van der Waals surface area contributed by atoms with E-state index in [4.69, 9.17) is 18.9 Å². The lowest BCUT2D eigenvalue weighted by Gasteiger charge is -2.39. The Labute approximate surface area is 285 Å². The first kappa shape index (κ1) is 35.9. The van der Waals surface area contributed by atoms with E-state index in [2.05, 4.69) is 31.7 Å². The minimum absolute atomic E-state index is 0. The summed E-state index contributed by atoms with van der Waals surface area (Å²) in [5, 5.41) is 0. The highest BCUT2D eigenvalue weighted by atomic mass is 35.5. The number of amides is 2. The number of ether oxygens (including phenoxy) is 4. The zero-order valence-corrected chi connectivity index (χ0v) is 29.4. The highest BCUT2D eigenvalue weighted by Gasteiger charge is 2.52. The van der Waals surface area contributed by atoms with Crippen molar-refractivity contribution in [1.82, 2.24) is 9.80 Å². The van der Waals surface area contributed by atoms with Crippen molar-refractivity contribution in [1.29, 1.82) is 0 Å². The maximum absolute atomic E-state index is 13.8. The van der Waals surface area contributed by atoms with Gasteiger partial charge in [-0.25, -0.2) is 0 Å². The van der Waals surface area contributed by atoms with Gasteiger partial charge < -0.3 is 28.7 Å². The SMILES string of the molecule is CCCC(Oc1ccc(C2(C(C)C)C(=O)N(C)c3ccccc32)cc1)N1CCN(C(=O)Cc2cc(OC)c(OC)c(OC)c2)CC1.Cl. The molecule has 5 rings (SSSR count). The Morgan fingerprint density at radius 3 is 2.06 bits per heavy atom. The summed E-state index contributed by atoms with van der Waals surface area (Å²) in [4.78, 5) is 33.1. The quantitative estimate of drug-likeness (QED) is 0.237. The van der Waals surface area contributed by atoms with Crippen molar-refractivity contribution >= 4 is 29.9 Å². The van der Waals surface area contributed by atoms with Gasteiger partial charge in [0.15, 0.2) is 17.7 Å². The Morgan fingerprint density at radius 2 is 1.51 bits per heavy atom. The fourth-order valence-electron chi connectivity index (χ4n) is 7.06. The molecule has 1 saturated heterocycles. The van der Waals surface area contributed by atoms with Crippen LogP contribution in [0.3, 0.4) is 0 Å². The van der Waals surface area contributed by atoms with Gasteiger partial charge in [0.25, 0.3) is 0 Å². The zero-order valence-electron chi connectivity index (χ0n) is 28.6. The number of carbonyl (C=O) groups excluding carboxylic acids is 2. The van der Waals surface area contributed by atoms with Gasteiger partial charge in [0.1, 0.15) is 11.2 Å². The van der Waals surface area contributed by atoms with Gasteiger partial charge in [0.05, 0.1) is 27.8 Å². The monoisotopic (exact) mass is 665 g/mol. The molecule has 0 aromatic heterocycles. The fraction of sp³-hybridized carbons (Fsp3) is 0.459. The maximum atomic E-state index is 13.8. The molecule has 2 heterocycles. The van der Waals surface area contributed by atoms with E-state index < -0.39 is 5.41 Å². The topological polar surface area (TPSA) is 80.8 Å². The van der Waals surface area contributed by atoms with Crippen molar-refractivity contribution in [2.24, 2.45) is 5.92 Å². The Hall–Kier alpha value is -3.95. The van der Waals surface area contributed by atoms with Gasteiger partial charge in [-0.1, -0.05) is 57.5 Å². The average molecular weight is 666 g/mol. The second-order valence-corrected chi connectivity index (χ2v) is 12.4. The standard InChI is InChI=1S/C37H47N3O6.ClH/c1-8-11-34(40-20-18-39(19-21-40)33(41)24-26-22-31(43-5)35(45-7)32(23-26)44-6)46-28-16-14-27(15-17-28)37(25(2)3)29-12-9-10-13-30(29)38(4)36(37)42;/h9-10,12-17,22-23,25,34H,8,11,18-21,24H2,1-7H3;1H. The number of rotatable bonds is 12. The molecule has 1 fully saturated rings. The number of halogens is 1.